The lowest BCUT2D eigenvalue weighted by molar-refractivity contribution is -0.00181. The molecule has 0 atom stereocenters. The minimum absolute atomic E-state index is 0.0689. The summed E-state index contributed by atoms with van der Waals surface area (Å²) in [6, 6.07) is 0. The molecule has 15 heavy (non-hydrogen) atoms. The van der Waals surface area contributed by atoms with Gasteiger partial charge >= 0.3 is 0 Å². The van der Waals surface area contributed by atoms with Gasteiger partial charge in [-0.1, -0.05) is 6.92 Å². The van der Waals surface area contributed by atoms with Crippen LogP contribution in [0.25, 0.3) is 0 Å². The monoisotopic (exact) mass is 235 g/mol. The first-order valence-corrected chi connectivity index (χ1v) is 7.22. The maximum Gasteiger partial charge on any atom is 0.211 e. The van der Waals surface area contributed by atoms with Gasteiger partial charge in [0, 0.05) is 6.54 Å². The zero-order valence-electron chi connectivity index (χ0n) is 9.49. The van der Waals surface area contributed by atoms with Crippen molar-refractivity contribution in [3.63, 3.8) is 0 Å². The molecule has 0 unspecified atom stereocenters. The molecule has 0 aromatic carbocycles. The molecule has 0 aromatic rings. The van der Waals surface area contributed by atoms with Crippen molar-refractivity contribution < 1.29 is 13.5 Å². The van der Waals surface area contributed by atoms with Gasteiger partial charge in [-0.25, -0.2) is 13.1 Å². The summed E-state index contributed by atoms with van der Waals surface area (Å²) in [5, 5.41) is 10.1. The van der Waals surface area contributed by atoms with Crippen LogP contribution in [0.4, 0.5) is 0 Å². The summed E-state index contributed by atoms with van der Waals surface area (Å²) in [4.78, 5) is 0. The molecule has 2 N–H and O–H groups in total. The Morgan fingerprint density at radius 3 is 2.40 bits per heavy atom. The summed E-state index contributed by atoms with van der Waals surface area (Å²) < 4.78 is 24.9. The fourth-order valence-electron chi connectivity index (χ4n) is 1.82. The molecular weight excluding hydrogens is 214 g/mol. The third-order valence-corrected chi connectivity index (χ3v) is 4.55. The SMILES string of the molecule is CCS(=O)(=O)NCC1(O)CCC(C)CC1. The smallest absolute Gasteiger partial charge is 0.211 e. The first kappa shape index (κ1) is 12.9. The van der Waals surface area contributed by atoms with E-state index < -0.39 is 15.6 Å². The summed E-state index contributed by atoms with van der Waals surface area (Å²) in [6.07, 6.45) is 3.34. The Hall–Kier alpha value is -0.130. The van der Waals surface area contributed by atoms with E-state index in [1.54, 1.807) is 6.92 Å². The van der Waals surface area contributed by atoms with Crippen LogP contribution in [0.1, 0.15) is 39.5 Å². The normalized spacial score (nSPS) is 32.9. The lowest BCUT2D eigenvalue weighted by Crippen LogP contribution is -2.45. The Labute approximate surface area is 92.1 Å². The standard InChI is InChI=1S/C10H21NO3S/c1-3-15(13,14)11-8-10(12)6-4-9(2)5-7-10/h9,11-12H,3-8H2,1-2H3. The fraction of sp³-hybridized carbons (Fsp3) is 1.00. The zero-order chi connectivity index (χ0) is 11.5. The molecule has 0 heterocycles. The van der Waals surface area contributed by atoms with Crippen molar-refractivity contribution in [1.82, 2.24) is 4.72 Å². The molecule has 1 aliphatic rings. The summed E-state index contributed by atoms with van der Waals surface area (Å²) >= 11 is 0. The molecule has 0 aromatic heterocycles. The minimum atomic E-state index is -3.18. The van der Waals surface area contributed by atoms with E-state index in [0.29, 0.717) is 18.8 Å². The van der Waals surface area contributed by atoms with Gasteiger partial charge < -0.3 is 5.11 Å². The van der Waals surface area contributed by atoms with Crippen LogP contribution in [0.15, 0.2) is 0 Å². The molecule has 1 rings (SSSR count). The van der Waals surface area contributed by atoms with Gasteiger partial charge in [0.2, 0.25) is 10.0 Å². The van der Waals surface area contributed by atoms with Crippen molar-refractivity contribution >= 4 is 10.0 Å². The van der Waals surface area contributed by atoms with Gasteiger partial charge in [-0.15, -0.1) is 0 Å². The molecule has 4 nitrogen and oxygen atoms in total. The zero-order valence-corrected chi connectivity index (χ0v) is 10.3. The second-order valence-corrected chi connectivity index (χ2v) is 6.73. The molecule has 1 fully saturated rings. The van der Waals surface area contributed by atoms with E-state index >= 15 is 0 Å². The number of hydrogen-bond donors (Lipinski definition) is 2. The average Bonchev–Trinajstić information content (AvgIpc) is 2.21. The number of aliphatic hydroxyl groups is 1. The Morgan fingerprint density at radius 2 is 1.93 bits per heavy atom. The van der Waals surface area contributed by atoms with Crippen LogP contribution in [0.5, 0.6) is 0 Å². The Morgan fingerprint density at radius 1 is 1.40 bits per heavy atom. The lowest BCUT2D eigenvalue weighted by atomic mass is 9.80. The summed E-state index contributed by atoms with van der Waals surface area (Å²) in [7, 11) is -3.18. The maximum absolute atomic E-state index is 11.2. The largest absolute Gasteiger partial charge is 0.389 e. The predicted octanol–water partition coefficient (Wildman–Crippen LogP) is 0.867. The van der Waals surface area contributed by atoms with E-state index in [0.717, 1.165) is 12.8 Å². The molecule has 0 saturated heterocycles. The Balaban J connectivity index is 2.44. The van der Waals surface area contributed by atoms with Crippen LogP contribution in [0, 0.1) is 5.92 Å². The molecule has 0 spiro atoms. The van der Waals surface area contributed by atoms with Crippen molar-refractivity contribution in [1.29, 1.82) is 0 Å². The molecular formula is C10H21NO3S. The summed E-state index contributed by atoms with van der Waals surface area (Å²) in [6.45, 7) is 3.92. The van der Waals surface area contributed by atoms with Crippen LogP contribution < -0.4 is 4.72 Å². The number of hydrogen-bond acceptors (Lipinski definition) is 3. The Bertz CT molecular complexity index is 292. The van der Waals surface area contributed by atoms with Gasteiger partial charge in [-0.3, -0.25) is 0 Å². The highest BCUT2D eigenvalue weighted by Gasteiger charge is 2.32. The van der Waals surface area contributed by atoms with Gasteiger partial charge in [0.05, 0.1) is 11.4 Å². The molecule has 0 radical (unpaired) electrons. The maximum atomic E-state index is 11.2. The minimum Gasteiger partial charge on any atom is -0.389 e. The second-order valence-electron chi connectivity index (χ2n) is 4.63. The van der Waals surface area contributed by atoms with Crippen molar-refractivity contribution in [2.45, 2.75) is 45.1 Å². The highest BCUT2D eigenvalue weighted by molar-refractivity contribution is 7.89. The van der Waals surface area contributed by atoms with Gasteiger partial charge in [0.1, 0.15) is 0 Å². The molecule has 5 heteroatoms. The topological polar surface area (TPSA) is 66.4 Å². The fourth-order valence-corrected chi connectivity index (χ4v) is 2.52. The average molecular weight is 235 g/mol. The van der Waals surface area contributed by atoms with E-state index in [-0.39, 0.29) is 12.3 Å². The van der Waals surface area contributed by atoms with Crippen LogP contribution in [0.3, 0.4) is 0 Å². The molecule has 1 aliphatic carbocycles. The van der Waals surface area contributed by atoms with Crippen molar-refractivity contribution in [3.8, 4) is 0 Å². The third-order valence-electron chi connectivity index (χ3n) is 3.21. The van der Waals surface area contributed by atoms with Crippen LogP contribution >= 0.6 is 0 Å². The Kier molecular flexibility index (Phi) is 4.14. The van der Waals surface area contributed by atoms with Crippen LogP contribution in [-0.2, 0) is 10.0 Å². The third kappa shape index (κ3) is 4.09. The molecule has 0 aliphatic heterocycles. The second kappa shape index (κ2) is 4.80. The molecule has 0 amide bonds. The highest BCUT2D eigenvalue weighted by atomic mass is 32.2. The number of nitrogens with one attached hydrogen (secondary N) is 1. The van der Waals surface area contributed by atoms with Crippen molar-refractivity contribution in [2.24, 2.45) is 5.92 Å². The first-order chi connectivity index (χ1) is 6.87. The first-order valence-electron chi connectivity index (χ1n) is 5.56. The van der Waals surface area contributed by atoms with E-state index in [1.165, 1.54) is 0 Å². The van der Waals surface area contributed by atoms with Gasteiger partial charge in [0.25, 0.3) is 0 Å². The van der Waals surface area contributed by atoms with Crippen LogP contribution in [-0.4, -0.2) is 31.4 Å². The van der Waals surface area contributed by atoms with Gasteiger partial charge in [0.15, 0.2) is 0 Å². The van der Waals surface area contributed by atoms with E-state index in [1.807, 2.05) is 0 Å². The number of sulfonamides is 1. The van der Waals surface area contributed by atoms with Crippen LogP contribution in [0.2, 0.25) is 0 Å². The van der Waals surface area contributed by atoms with E-state index in [4.69, 9.17) is 0 Å². The number of rotatable bonds is 4. The lowest BCUT2D eigenvalue weighted by Gasteiger charge is -2.34. The quantitative estimate of drug-likeness (QED) is 0.759. The van der Waals surface area contributed by atoms with Crippen molar-refractivity contribution in [3.05, 3.63) is 0 Å². The molecule has 0 bridgehead atoms. The molecule has 1 saturated carbocycles. The summed E-state index contributed by atoms with van der Waals surface area (Å²) in [5.41, 5.74) is -0.825. The highest BCUT2D eigenvalue weighted by Crippen LogP contribution is 2.31. The van der Waals surface area contributed by atoms with Crippen molar-refractivity contribution in [2.75, 3.05) is 12.3 Å². The van der Waals surface area contributed by atoms with E-state index in [2.05, 4.69) is 11.6 Å². The molecule has 90 valence electrons. The van der Waals surface area contributed by atoms with Gasteiger partial charge in [-0.2, -0.15) is 0 Å². The van der Waals surface area contributed by atoms with E-state index in [9.17, 15) is 13.5 Å². The van der Waals surface area contributed by atoms with Gasteiger partial charge in [-0.05, 0) is 38.5 Å². The predicted molar refractivity (Wildman–Crippen MR) is 60.0 cm³/mol. The summed E-state index contributed by atoms with van der Waals surface area (Å²) in [5.74, 6) is 0.715.